The van der Waals surface area contributed by atoms with E-state index in [4.69, 9.17) is 0 Å². The van der Waals surface area contributed by atoms with Gasteiger partial charge in [0.1, 0.15) is 0 Å². The first-order valence-corrected chi connectivity index (χ1v) is 8.28. The molecule has 108 valence electrons. The maximum absolute atomic E-state index is 3.58. The Morgan fingerprint density at radius 1 is 1.37 bits per heavy atom. The van der Waals surface area contributed by atoms with E-state index in [1.54, 1.807) is 0 Å². The van der Waals surface area contributed by atoms with Crippen LogP contribution in [0.2, 0.25) is 0 Å². The van der Waals surface area contributed by atoms with E-state index in [1.165, 1.54) is 34.7 Å². The number of hydrogen-bond donors (Lipinski definition) is 1. The lowest BCUT2D eigenvalue weighted by Crippen LogP contribution is -2.34. The monoisotopic (exact) mass is 280 g/mol. The van der Waals surface area contributed by atoms with Crippen molar-refractivity contribution in [3.05, 3.63) is 21.4 Å². The summed E-state index contributed by atoms with van der Waals surface area (Å²) in [7, 11) is 0. The molecule has 19 heavy (non-hydrogen) atoms. The first-order chi connectivity index (χ1) is 8.89. The minimum absolute atomic E-state index is 0.196. The van der Waals surface area contributed by atoms with Crippen molar-refractivity contribution in [2.45, 2.75) is 72.1 Å². The highest BCUT2D eigenvalue weighted by molar-refractivity contribution is 7.12. The molecule has 0 amide bonds. The van der Waals surface area contributed by atoms with E-state index in [2.05, 4.69) is 50.9 Å². The number of aryl methyl sites for hydroxylation is 1. The molecule has 1 aliphatic rings. The van der Waals surface area contributed by atoms with Crippen LogP contribution in [-0.2, 0) is 13.1 Å². The fourth-order valence-electron chi connectivity index (χ4n) is 2.34. The van der Waals surface area contributed by atoms with Crippen molar-refractivity contribution in [1.29, 1.82) is 0 Å². The predicted octanol–water partition coefficient (Wildman–Crippen LogP) is 3.93. The average Bonchev–Trinajstić information content (AvgIpc) is 3.09. The Bertz CT molecular complexity index is 413. The standard InChI is InChI=1S/C16H28N2S/c1-6-18(14-7-8-14)11-13-9-15(19-12(13)2)10-17-16(3,4)5/h9,14,17H,6-8,10-11H2,1-5H3. The van der Waals surface area contributed by atoms with Crippen molar-refractivity contribution in [2.24, 2.45) is 0 Å². The van der Waals surface area contributed by atoms with Crippen LogP contribution in [-0.4, -0.2) is 23.0 Å². The lowest BCUT2D eigenvalue weighted by Gasteiger charge is -2.20. The van der Waals surface area contributed by atoms with E-state index >= 15 is 0 Å². The molecule has 1 aromatic heterocycles. The Morgan fingerprint density at radius 2 is 2.05 bits per heavy atom. The van der Waals surface area contributed by atoms with Crippen molar-refractivity contribution >= 4 is 11.3 Å². The van der Waals surface area contributed by atoms with E-state index in [9.17, 15) is 0 Å². The Balaban J connectivity index is 1.95. The minimum Gasteiger partial charge on any atom is -0.307 e. The van der Waals surface area contributed by atoms with Crippen LogP contribution in [0.25, 0.3) is 0 Å². The molecule has 1 N–H and O–H groups in total. The Hall–Kier alpha value is -0.380. The molecule has 0 aliphatic heterocycles. The number of nitrogens with zero attached hydrogens (tertiary/aromatic N) is 1. The van der Waals surface area contributed by atoms with E-state index in [-0.39, 0.29) is 5.54 Å². The van der Waals surface area contributed by atoms with Crippen LogP contribution in [0, 0.1) is 6.92 Å². The van der Waals surface area contributed by atoms with Crippen LogP contribution < -0.4 is 5.32 Å². The van der Waals surface area contributed by atoms with Crippen molar-refractivity contribution < 1.29 is 0 Å². The molecule has 1 aliphatic carbocycles. The lowest BCUT2D eigenvalue weighted by atomic mass is 10.1. The number of thiophene rings is 1. The smallest absolute Gasteiger partial charge is 0.0304 e. The van der Waals surface area contributed by atoms with Crippen LogP contribution >= 0.6 is 11.3 Å². The maximum atomic E-state index is 3.58. The van der Waals surface area contributed by atoms with Crippen LogP contribution in [0.1, 0.15) is 55.9 Å². The molecule has 0 saturated heterocycles. The molecular weight excluding hydrogens is 252 g/mol. The molecular formula is C16H28N2S. The highest BCUT2D eigenvalue weighted by Gasteiger charge is 2.28. The second kappa shape index (κ2) is 5.94. The first-order valence-electron chi connectivity index (χ1n) is 7.46. The molecule has 0 atom stereocenters. The third-order valence-electron chi connectivity index (χ3n) is 3.71. The van der Waals surface area contributed by atoms with E-state index in [0.717, 1.165) is 19.1 Å². The zero-order valence-electron chi connectivity index (χ0n) is 13.0. The molecule has 1 aromatic rings. The third kappa shape index (κ3) is 4.59. The Labute approximate surface area is 122 Å². The minimum atomic E-state index is 0.196. The summed E-state index contributed by atoms with van der Waals surface area (Å²) >= 11 is 1.95. The Morgan fingerprint density at radius 3 is 2.58 bits per heavy atom. The molecule has 0 spiro atoms. The molecule has 1 saturated carbocycles. The van der Waals surface area contributed by atoms with Crippen molar-refractivity contribution in [1.82, 2.24) is 10.2 Å². The fourth-order valence-corrected chi connectivity index (χ4v) is 3.33. The number of nitrogens with one attached hydrogen (secondary N) is 1. The third-order valence-corrected chi connectivity index (χ3v) is 4.80. The predicted molar refractivity (Wildman–Crippen MR) is 84.8 cm³/mol. The summed E-state index contributed by atoms with van der Waals surface area (Å²) in [5.41, 5.74) is 1.73. The van der Waals surface area contributed by atoms with Gasteiger partial charge in [-0.25, -0.2) is 0 Å². The summed E-state index contributed by atoms with van der Waals surface area (Å²) in [5, 5.41) is 3.58. The molecule has 0 aromatic carbocycles. The van der Waals surface area contributed by atoms with Gasteiger partial charge in [0.2, 0.25) is 0 Å². The van der Waals surface area contributed by atoms with Gasteiger partial charge in [0.15, 0.2) is 0 Å². The van der Waals surface area contributed by atoms with Gasteiger partial charge in [-0.15, -0.1) is 11.3 Å². The lowest BCUT2D eigenvalue weighted by molar-refractivity contribution is 0.269. The molecule has 0 radical (unpaired) electrons. The second-order valence-electron chi connectivity index (χ2n) is 6.69. The highest BCUT2D eigenvalue weighted by atomic mass is 32.1. The van der Waals surface area contributed by atoms with Gasteiger partial charge >= 0.3 is 0 Å². The number of rotatable bonds is 6. The van der Waals surface area contributed by atoms with Gasteiger partial charge in [0.25, 0.3) is 0 Å². The van der Waals surface area contributed by atoms with Crippen LogP contribution in [0.15, 0.2) is 6.07 Å². The summed E-state index contributed by atoms with van der Waals surface area (Å²) in [5.74, 6) is 0. The van der Waals surface area contributed by atoms with Crippen LogP contribution in [0.4, 0.5) is 0 Å². The topological polar surface area (TPSA) is 15.3 Å². The maximum Gasteiger partial charge on any atom is 0.0304 e. The second-order valence-corrected chi connectivity index (χ2v) is 8.03. The van der Waals surface area contributed by atoms with E-state index in [0.29, 0.717) is 0 Å². The van der Waals surface area contributed by atoms with Gasteiger partial charge in [-0.2, -0.15) is 0 Å². The van der Waals surface area contributed by atoms with Gasteiger partial charge in [0.05, 0.1) is 0 Å². The van der Waals surface area contributed by atoms with Gasteiger partial charge in [-0.3, -0.25) is 4.90 Å². The summed E-state index contributed by atoms with van der Waals surface area (Å²) in [6, 6.07) is 3.27. The van der Waals surface area contributed by atoms with Gasteiger partial charge in [-0.05, 0) is 58.7 Å². The number of hydrogen-bond acceptors (Lipinski definition) is 3. The molecule has 1 fully saturated rings. The molecule has 1 heterocycles. The van der Waals surface area contributed by atoms with Crippen molar-refractivity contribution in [3.63, 3.8) is 0 Å². The largest absolute Gasteiger partial charge is 0.307 e. The van der Waals surface area contributed by atoms with Gasteiger partial charge in [0, 0.05) is 34.4 Å². The summed E-state index contributed by atoms with van der Waals surface area (Å²) in [6.45, 7) is 14.5. The SMILES string of the molecule is CCN(Cc1cc(CNC(C)(C)C)sc1C)C1CC1. The Kier molecular flexibility index (Phi) is 4.70. The van der Waals surface area contributed by atoms with Gasteiger partial charge < -0.3 is 5.32 Å². The van der Waals surface area contributed by atoms with Gasteiger partial charge in [-0.1, -0.05) is 6.92 Å². The van der Waals surface area contributed by atoms with Crippen molar-refractivity contribution in [2.75, 3.05) is 6.54 Å². The van der Waals surface area contributed by atoms with Crippen LogP contribution in [0.5, 0.6) is 0 Å². The normalized spacial score (nSPS) is 16.3. The average molecular weight is 280 g/mol. The summed E-state index contributed by atoms with van der Waals surface area (Å²) < 4.78 is 0. The quantitative estimate of drug-likeness (QED) is 0.849. The molecule has 0 bridgehead atoms. The zero-order valence-corrected chi connectivity index (χ0v) is 13.9. The van der Waals surface area contributed by atoms with E-state index < -0.39 is 0 Å². The fraction of sp³-hybridized carbons (Fsp3) is 0.750. The molecule has 2 rings (SSSR count). The summed E-state index contributed by atoms with van der Waals surface area (Å²) in [4.78, 5) is 5.58. The molecule has 3 heteroatoms. The van der Waals surface area contributed by atoms with Crippen molar-refractivity contribution in [3.8, 4) is 0 Å². The van der Waals surface area contributed by atoms with E-state index in [1.807, 2.05) is 11.3 Å². The molecule has 2 nitrogen and oxygen atoms in total. The summed E-state index contributed by atoms with van der Waals surface area (Å²) in [6.07, 6.45) is 2.80. The zero-order chi connectivity index (χ0) is 14.0. The first kappa shape index (κ1) is 15.0. The van der Waals surface area contributed by atoms with Crippen LogP contribution in [0.3, 0.4) is 0 Å². The highest BCUT2D eigenvalue weighted by Crippen LogP contribution is 2.30. The molecule has 0 unspecified atom stereocenters.